The maximum Gasteiger partial charge on any atom is 0.525 e. The minimum atomic E-state index is -5.93. The van der Waals surface area contributed by atoms with Gasteiger partial charge in [0.15, 0.2) is 0 Å². The van der Waals surface area contributed by atoms with Gasteiger partial charge >= 0.3 is 18.4 Å². The number of ether oxygens (including phenoxy) is 1. The Morgan fingerprint density at radius 1 is 1.00 bits per heavy atom. The van der Waals surface area contributed by atoms with Gasteiger partial charge in [0.25, 0.3) is 0 Å². The Balaban J connectivity index is 4.82. The molecule has 0 aliphatic heterocycles. The highest BCUT2D eigenvalue weighted by atomic mass is 19.4. The Kier molecular flexibility index (Phi) is 3.49. The fourth-order valence-electron chi connectivity index (χ4n) is 0.506. The molecule has 0 saturated carbocycles. The van der Waals surface area contributed by atoms with E-state index in [1.165, 1.54) is 0 Å². The SMILES string of the molecule is O=CC[C@@](F)(OC(F)(F)F)C(F)(F)F. The molecular formula is C5H3F7O2. The molecule has 0 unspecified atom stereocenters. The Hall–Kier alpha value is -0.860. The summed E-state index contributed by atoms with van der Waals surface area (Å²) >= 11 is 0. The lowest BCUT2D eigenvalue weighted by Gasteiger charge is -2.26. The van der Waals surface area contributed by atoms with Crippen LogP contribution in [0.2, 0.25) is 0 Å². The van der Waals surface area contributed by atoms with Crippen LogP contribution in [0, 0.1) is 0 Å². The van der Waals surface area contributed by atoms with E-state index in [0.29, 0.717) is 0 Å². The molecule has 0 aromatic rings. The molecule has 0 fully saturated rings. The number of aldehydes is 1. The maximum absolute atomic E-state index is 12.5. The third-order valence-corrected chi connectivity index (χ3v) is 1.05. The molecule has 0 aliphatic rings. The van der Waals surface area contributed by atoms with Crippen molar-refractivity contribution in [1.82, 2.24) is 0 Å². The zero-order valence-corrected chi connectivity index (χ0v) is 6.25. The second-order valence-corrected chi connectivity index (χ2v) is 2.14. The Bertz CT molecular complexity index is 207. The molecule has 0 amide bonds. The van der Waals surface area contributed by atoms with Gasteiger partial charge in [-0.2, -0.15) is 13.2 Å². The summed E-state index contributed by atoms with van der Waals surface area (Å²) < 4.78 is 83.7. The van der Waals surface area contributed by atoms with Gasteiger partial charge in [0.1, 0.15) is 6.29 Å². The molecule has 0 aromatic heterocycles. The molecule has 0 bridgehead atoms. The molecule has 9 heteroatoms. The van der Waals surface area contributed by atoms with Gasteiger partial charge in [0.2, 0.25) is 0 Å². The van der Waals surface area contributed by atoms with Crippen LogP contribution in [0.1, 0.15) is 6.42 Å². The van der Waals surface area contributed by atoms with E-state index in [0.717, 1.165) is 0 Å². The Labute approximate surface area is 72.6 Å². The molecule has 84 valence electrons. The van der Waals surface area contributed by atoms with Crippen LogP contribution >= 0.6 is 0 Å². The van der Waals surface area contributed by atoms with Crippen LogP contribution in [0.3, 0.4) is 0 Å². The zero-order valence-electron chi connectivity index (χ0n) is 6.25. The fraction of sp³-hybridized carbons (Fsp3) is 0.800. The van der Waals surface area contributed by atoms with Crippen molar-refractivity contribution >= 4 is 6.29 Å². The maximum atomic E-state index is 12.5. The average Bonchev–Trinajstić information content (AvgIpc) is 1.79. The van der Waals surface area contributed by atoms with Gasteiger partial charge in [-0.05, 0) is 0 Å². The molecule has 0 heterocycles. The van der Waals surface area contributed by atoms with Gasteiger partial charge in [0.05, 0.1) is 6.42 Å². The minimum absolute atomic E-state index is 0.654. The van der Waals surface area contributed by atoms with Crippen molar-refractivity contribution in [2.24, 2.45) is 0 Å². The van der Waals surface area contributed by atoms with E-state index < -0.39 is 31.1 Å². The van der Waals surface area contributed by atoms with Crippen molar-refractivity contribution in [3.8, 4) is 0 Å². The normalized spacial score (nSPS) is 17.6. The summed E-state index contributed by atoms with van der Waals surface area (Å²) in [4.78, 5) is 9.57. The largest absolute Gasteiger partial charge is 0.525 e. The van der Waals surface area contributed by atoms with Crippen LogP contribution in [-0.2, 0) is 9.53 Å². The lowest BCUT2D eigenvalue weighted by Crippen LogP contribution is -2.47. The lowest BCUT2D eigenvalue weighted by atomic mass is 10.2. The standard InChI is InChI=1S/C5H3F7O2/c6-3(1-2-13,4(7,8)9)14-5(10,11)12/h2H,1H2/t3-/m1/s1. The summed E-state index contributed by atoms with van der Waals surface area (Å²) in [5, 5.41) is 0. The summed E-state index contributed by atoms with van der Waals surface area (Å²) in [7, 11) is 0. The summed E-state index contributed by atoms with van der Waals surface area (Å²) in [5.41, 5.74) is 0. The molecule has 2 nitrogen and oxygen atoms in total. The zero-order chi connectivity index (χ0) is 11.6. The molecule has 0 N–H and O–H groups in total. The Morgan fingerprint density at radius 3 is 1.64 bits per heavy atom. The van der Waals surface area contributed by atoms with E-state index in [9.17, 15) is 35.5 Å². The molecule has 0 saturated heterocycles. The van der Waals surface area contributed by atoms with Crippen molar-refractivity contribution in [3.05, 3.63) is 0 Å². The third-order valence-electron chi connectivity index (χ3n) is 1.05. The number of hydrogen-bond donors (Lipinski definition) is 0. The topological polar surface area (TPSA) is 26.3 Å². The number of carbonyl (C=O) groups is 1. The first-order valence-corrected chi connectivity index (χ1v) is 2.98. The summed E-state index contributed by atoms with van der Waals surface area (Å²) in [6.45, 7) is 0. The number of carbonyl (C=O) groups excluding carboxylic acids is 1. The molecule has 0 spiro atoms. The smallest absolute Gasteiger partial charge is 0.303 e. The van der Waals surface area contributed by atoms with E-state index in [-0.39, 0.29) is 0 Å². The van der Waals surface area contributed by atoms with E-state index in [2.05, 4.69) is 4.74 Å². The number of rotatable bonds is 3. The van der Waals surface area contributed by atoms with Gasteiger partial charge in [0, 0.05) is 0 Å². The first kappa shape index (κ1) is 13.1. The molecule has 0 radical (unpaired) electrons. The van der Waals surface area contributed by atoms with Crippen molar-refractivity contribution in [3.63, 3.8) is 0 Å². The van der Waals surface area contributed by atoms with Gasteiger partial charge in [-0.3, -0.25) is 0 Å². The lowest BCUT2D eigenvalue weighted by molar-refractivity contribution is -0.446. The van der Waals surface area contributed by atoms with Crippen molar-refractivity contribution in [1.29, 1.82) is 0 Å². The predicted octanol–water partition coefficient (Wildman–Crippen LogP) is 2.34. The number of halogens is 7. The van der Waals surface area contributed by atoms with Crippen molar-refractivity contribution in [2.75, 3.05) is 0 Å². The van der Waals surface area contributed by atoms with Gasteiger partial charge in [-0.15, -0.1) is 13.2 Å². The minimum Gasteiger partial charge on any atom is -0.303 e. The second kappa shape index (κ2) is 3.71. The van der Waals surface area contributed by atoms with Crippen LogP contribution in [0.25, 0.3) is 0 Å². The highest BCUT2D eigenvalue weighted by Gasteiger charge is 2.62. The Morgan fingerprint density at radius 2 is 1.43 bits per heavy atom. The number of hydrogen-bond acceptors (Lipinski definition) is 2. The van der Waals surface area contributed by atoms with Gasteiger partial charge in [-0.25, -0.2) is 9.13 Å². The molecule has 0 rings (SSSR count). The highest BCUT2D eigenvalue weighted by Crippen LogP contribution is 2.41. The highest BCUT2D eigenvalue weighted by molar-refractivity contribution is 5.51. The molecule has 0 aromatic carbocycles. The summed E-state index contributed by atoms with van der Waals surface area (Å²) in [6, 6.07) is 0. The molecular weight excluding hydrogens is 225 g/mol. The van der Waals surface area contributed by atoms with Crippen LogP contribution < -0.4 is 0 Å². The third kappa shape index (κ3) is 3.48. The quantitative estimate of drug-likeness (QED) is 0.547. The molecule has 1 atom stereocenters. The number of alkyl halides is 7. The van der Waals surface area contributed by atoms with Crippen LogP contribution in [0.5, 0.6) is 0 Å². The van der Waals surface area contributed by atoms with Crippen LogP contribution in [0.4, 0.5) is 30.7 Å². The van der Waals surface area contributed by atoms with Crippen molar-refractivity contribution in [2.45, 2.75) is 24.8 Å². The van der Waals surface area contributed by atoms with E-state index in [1.807, 2.05) is 0 Å². The van der Waals surface area contributed by atoms with Crippen LogP contribution in [0.15, 0.2) is 0 Å². The summed E-state index contributed by atoms with van der Waals surface area (Å²) in [6.07, 6.45) is -14.5. The first-order valence-electron chi connectivity index (χ1n) is 2.98. The molecule has 14 heavy (non-hydrogen) atoms. The second-order valence-electron chi connectivity index (χ2n) is 2.14. The summed E-state index contributed by atoms with van der Waals surface area (Å²) in [5.74, 6) is -5.02. The van der Waals surface area contributed by atoms with Gasteiger partial charge in [-0.1, -0.05) is 0 Å². The first-order chi connectivity index (χ1) is 6.02. The van der Waals surface area contributed by atoms with E-state index in [4.69, 9.17) is 0 Å². The molecule has 0 aliphatic carbocycles. The fourth-order valence-corrected chi connectivity index (χ4v) is 0.506. The monoisotopic (exact) mass is 228 g/mol. The van der Waals surface area contributed by atoms with Crippen LogP contribution in [-0.4, -0.2) is 24.7 Å². The van der Waals surface area contributed by atoms with Gasteiger partial charge < -0.3 is 4.79 Å². The van der Waals surface area contributed by atoms with Crippen molar-refractivity contribution < 1.29 is 40.3 Å². The van der Waals surface area contributed by atoms with E-state index in [1.54, 1.807) is 0 Å². The predicted molar refractivity (Wildman–Crippen MR) is 27.7 cm³/mol. The van der Waals surface area contributed by atoms with E-state index >= 15 is 0 Å². The average molecular weight is 228 g/mol.